The molecule has 0 radical (unpaired) electrons. The fraction of sp³-hybridized carbons (Fsp3) is 0.357. The molecule has 3 fully saturated rings. The normalized spacial score (nSPS) is 23.4. The van der Waals surface area contributed by atoms with E-state index in [2.05, 4.69) is 0 Å². The van der Waals surface area contributed by atoms with Gasteiger partial charge < -0.3 is 9.22 Å². The molecule has 3 saturated heterocycles. The van der Waals surface area contributed by atoms with Crippen LogP contribution in [0.3, 0.4) is 0 Å². The summed E-state index contributed by atoms with van der Waals surface area (Å²) in [6.45, 7) is 3.17. The maximum absolute atomic E-state index is 13.9. The molecule has 0 N–H and O–H groups in total. The van der Waals surface area contributed by atoms with Crippen LogP contribution in [0.4, 0.5) is 8.78 Å². The second-order valence-corrected chi connectivity index (χ2v) is 10.8. The third kappa shape index (κ3) is 5.36. The van der Waals surface area contributed by atoms with E-state index in [1.807, 2.05) is 17.5 Å². The van der Waals surface area contributed by atoms with Crippen molar-refractivity contribution < 1.29 is 27.6 Å². The number of hydrogen-bond donors (Lipinski definition) is 0. The monoisotopic (exact) mass is 496 g/mol. The van der Waals surface area contributed by atoms with E-state index in [4.69, 9.17) is 4.74 Å². The number of Topliss-reactive ketones (excluding diaryl/α,β-unsaturated/α-hetero) is 1. The predicted molar refractivity (Wildman–Crippen MR) is 130 cm³/mol. The van der Waals surface area contributed by atoms with Crippen LogP contribution in [0.25, 0.3) is 0 Å². The molecule has 0 amide bonds. The Balaban J connectivity index is 1.30. The SMILES string of the molecule is O=C(C[C@H]1C[N+]2(CC(=O)c3cccs3)CCC1CC2)OC(c1cccc(F)c1)c1cccc(F)c1. The van der Waals surface area contributed by atoms with Crippen molar-refractivity contribution in [3.63, 3.8) is 0 Å². The van der Waals surface area contributed by atoms with Crippen LogP contribution in [-0.4, -0.2) is 42.4 Å². The van der Waals surface area contributed by atoms with Gasteiger partial charge in [-0.25, -0.2) is 8.78 Å². The van der Waals surface area contributed by atoms with Gasteiger partial charge in [0.2, 0.25) is 5.78 Å². The molecule has 0 unspecified atom stereocenters. The Morgan fingerprint density at radius 2 is 1.63 bits per heavy atom. The van der Waals surface area contributed by atoms with Crippen LogP contribution in [0, 0.1) is 23.5 Å². The van der Waals surface area contributed by atoms with Gasteiger partial charge in [-0.1, -0.05) is 30.3 Å². The third-order valence-electron chi connectivity index (χ3n) is 7.49. The molecular formula is C28H28F2NO3S+. The minimum absolute atomic E-state index is 0.127. The largest absolute Gasteiger partial charge is 0.453 e. The van der Waals surface area contributed by atoms with Crippen LogP contribution in [0.15, 0.2) is 66.0 Å². The van der Waals surface area contributed by atoms with Crippen molar-refractivity contribution >= 4 is 23.1 Å². The number of carbonyl (C=O) groups excluding carboxylic acids is 2. The number of ether oxygens (including phenoxy) is 1. The quantitative estimate of drug-likeness (QED) is 0.225. The van der Waals surface area contributed by atoms with Crippen LogP contribution in [0.2, 0.25) is 0 Å². The molecule has 1 aromatic heterocycles. The molecule has 3 aliphatic rings. The van der Waals surface area contributed by atoms with Gasteiger partial charge in [-0.3, -0.25) is 9.59 Å². The Morgan fingerprint density at radius 1 is 0.971 bits per heavy atom. The highest BCUT2D eigenvalue weighted by Crippen LogP contribution is 2.40. The van der Waals surface area contributed by atoms with E-state index in [0.29, 0.717) is 23.6 Å². The summed E-state index contributed by atoms with van der Waals surface area (Å²) in [5.74, 6) is -0.551. The third-order valence-corrected chi connectivity index (χ3v) is 8.40. The highest BCUT2D eigenvalue weighted by Gasteiger charge is 2.47. The van der Waals surface area contributed by atoms with Crippen molar-refractivity contribution in [3.05, 3.63) is 93.7 Å². The highest BCUT2D eigenvalue weighted by atomic mass is 32.1. The fourth-order valence-electron chi connectivity index (χ4n) is 5.77. The van der Waals surface area contributed by atoms with Crippen LogP contribution >= 0.6 is 11.3 Å². The van der Waals surface area contributed by atoms with Crippen molar-refractivity contribution in [2.45, 2.75) is 25.4 Å². The molecule has 0 spiro atoms. The standard InChI is InChI=1S/C28H28F2NO3S/c29-23-6-1-4-20(14-23)28(21-5-2-7-24(30)15-21)34-27(33)16-22-17-31(11-9-19(22)10-12-31)18-25(32)26-8-3-13-35-26/h1-8,13-15,19,22,28H,9-12,16-18H2/q+1/t19?,22-,31?/m0/s1. The number of esters is 1. The lowest BCUT2D eigenvalue weighted by atomic mass is 9.75. The molecule has 4 nitrogen and oxygen atoms in total. The van der Waals surface area contributed by atoms with E-state index in [0.717, 1.165) is 41.8 Å². The van der Waals surface area contributed by atoms with Crippen molar-refractivity contribution in [1.29, 1.82) is 0 Å². The number of ketones is 1. The predicted octanol–water partition coefficient (Wildman–Crippen LogP) is 5.79. The molecular weight excluding hydrogens is 468 g/mol. The number of benzene rings is 2. The first-order valence-electron chi connectivity index (χ1n) is 12.0. The van der Waals surface area contributed by atoms with Crippen molar-refractivity contribution in [1.82, 2.24) is 0 Å². The number of halogens is 2. The van der Waals surface area contributed by atoms with Gasteiger partial charge in [0.15, 0.2) is 6.10 Å². The first-order chi connectivity index (χ1) is 16.9. The fourth-order valence-corrected chi connectivity index (χ4v) is 6.43. The van der Waals surface area contributed by atoms with Gasteiger partial charge in [0, 0.05) is 18.8 Å². The lowest BCUT2D eigenvalue weighted by molar-refractivity contribution is -0.939. The maximum atomic E-state index is 13.9. The average molecular weight is 497 g/mol. The minimum Gasteiger partial charge on any atom is -0.453 e. The molecule has 35 heavy (non-hydrogen) atoms. The molecule has 6 rings (SSSR count). The van der Waals surface area contributed by atoms with Crippen LogP contribution in [0.5, 0.6) is 0 Å². The molecule has 2 bridgehead atoms. The average Bonchev–Trinajstić information content (AvgIpc) is 3.38. The van der Waals surface area contributed by atoms with Crippen molar-refractivity contribution in [2.24, 2.45) is 11.8 Å². The first-order valence-corrected chi connectivity index (χ1v) is 12.9. The molecule has 3 aromatic rings. The minimum atomic E-state index is -0.890. The number of fused-ring (bicyclic) bond motifs is 3. The summed E-state index contributed by atoms with van der Waals surface area (Å²) in [6, 6.07) is 15.5. The summed E-state index contributed by atoms with van der Waals surface area (Å²) in [6.07, 6.45) is 1.33. The van der Waals surface area contributed by atoms with Crippen molar-refractivity contribution in [2.75, 3.05) is 26.2 Å². The zero-order valence-electron chi connectivity index (χ0n) is 19.4. The lowest BCUT2D eigenvalue weighted by Gasteiger charge is -2.52. The van der Waals surface area contributed by atoms with Gasteiger partial charge in [0.1, 0.15) is 18.2 Å². The van der Waals surface area contributed by atoms with Crippen LogP contribution in [-0.2, 0) is 9.53 Å². The zero-order chi connectivity index (χ0) is 24.4. The van der Waals surface area contributed by atoms with Crippen LogP contribution < -0.4 is 0 Å². The van der Waals surface area contributed by atoms with E-state index in [1.165, 1.54) is 35.6 Å². The van der Waals surface area contributed by atoms with E-state index >= 15 is 0 Å². The van der Waals surface area contributed by atoms with Gasteiger partial charge >= 0.3 is 5.97 Å². The van der Waals surface area contributed by atoms with Gasteiger partial charge in [-0.05, 0) is 52.8 Å². The Labute approximate surface area is 207 Å². The second kappa shape index (κ2) is 9.99. The van der Waals surface area contributed by atoms with Gasteiger partial charge in [-0.15, -0.1) is 11.3 Å². The summed E-state index contributed by atoms with van der Waals surface area (Å²) in [5, 5.41) is 1.92. The van der Waals surface area contributed by atoms with Gasteiger partial charge in [0.05, 0.1) is 30.9 Å². The number of thiophene rings is 1. The molecule has 182 valence electrons. The maximum Gasteiger partial charge on any atom is 0.307 e. The number of quaternary nitrogens is 1. The Hall–Kier alpha value is -2.90. The zero-order valence-corrected chi connectivity index (χ0v) is 20.2. The van der Waals surface area contributed by atoms with E-state index in [-0.39, 0.29) is 24.1 Å². The molecule has 1 atom stereocenters. The number of carbonyl (C=O) groups is 2. The summed E-state index contributed by atoms with van der Waals surface area (Å²) >= 11 is 1.47. The number of hydrogen-bond acceptors (Lipinski definition) is 4. The number of piperidine rings is 3. The Kier molecular flexibility index (Phi) is 6.80. The van der Waals surface area contributed by atoms with Gasteiger partial charge in [0.25, 0.3) is 0 Å². The summed E-state index contributed by atoms with van der Waals surface area (Å²) < 4.78 is 34.5. The molecule has 3 aliphatic heterocycles. The first kappa shape index (κ1) is 23.8. The highest BCUT2D eigenvalue weighted by molar-refractivity contribution is 7.12. The molecule has 0 aliphatic carbocycles. The number of rotatable bonds is 8. The summed E-state index contributed by atoms with van der Waals surface area (Å²) in [7, 11) is 0. The lowest BCUT2D eigenvalue weighted by Crippen LogP contribution is -2.63. The second-order valence-electron chi connectivity index (χ2n) is 9.81. The van der Waals surface area contributed by atoms with E-state index in [9.17, 15) is 18.4 Å². The summed E-state index contributed by atoms with van der Waals surface area (Å²) in [4.78, 5) is 26.8. The molecule has 2 aromatic carbocycles. The Bertz CT molecular complexity index is 1160. The molecule has 7 heteroatoms. The molecule has 4 heterocycles. The Morgan fingerprint density at radius 3 is 2.20 bits per heavy atom. The van der Waals surface area contributed by atoms with Gasteiger partial charge in [-0.2, -0.15) is 0 Å². The molecule has 0 saturated carbocycles. The summed E-state index contributed by atoms with van der Waals surface area (Å²) in [5.41, 5.74) is 0.922. The van der Waals surface area contributed by atoms with Crippen molar-refractivity contribution in [3.8, 4) is 0 Å². The van der Waals surface area contributed by atoms with E-state index in [1.54, 1.807) is 24.3 Å². The topological polar surface area (TPSA) is 43.4 Å². The smallest absolute Gasteiger partial charge is 0.307 e. The number of nitrogens with zero attached hydrogens (tertiary/aromatic N) is 1. The van der Waals surface area contributed by atoms with Crippen LogP contribution in [0.1, 0.15) is 46.2 Å². The van der Waals surface area contributed by atoms with E-state index < -0.39 is 17.7 Å².